The molecule has 1 N–H and O–H groups in total. The molecule has 1 atom stereocenters. The Labute approximate surface area is 185 Å². The van der Waals surface area contributed by atoms with Crippen LogP contribution in [0.3, 0.4) is 0 Å². The lowest BCUT2D eigenvalue weighted by Gasteiger charge is -2.23. The number of hydrogen-bond donors (Lipinski definition) is 1. The van der Waals surface area contributed by atoms with Crippen LogP contribution in [0.15, 0.2) is 58.8 Å². The molecule has 1 aromatic heterocycles. The van der Waals surface area contributed by atoms with Gasteiger partial charge >= 0.3 is 0 Å². The number of sulfonamides is 1. The minimum atomic E-state index is -3.72. The molecule has 3 aromatic rings. The van der Waals surface area contributed by atoms with Crippen LogP contribution in [0.1, 0.15) is 17.2 Å². The number of fused-ring (bicyclic) bond motifs is 1. The first-order valence-corrected chi connectivity index (χ1v) is 13.3. The zero-order chi connectivity index (χ0) is 22.8. The van der Waals surface area contributed by atoms with Crippen LogP contribution in [0.25, 0.3) is 10.1 Å². The van der Waals surface area contributed by atoms with E-state index in [2.05, 4.69) is 0 Å². The van der Waals surface area contributed by atoms with E-state index in [1.807, 2.05) is 17.5 Å². The fourth-order valence-electron chi connectivity index (χ4n) is 3.13. The van der Waals surface area contributed by atoms with Gasteiger partial charge in [0.15, 0.2) is 9.84 Å². The molecule has 2 aromatic carbocycles. The summed E-state index contributed by atoms with van der Waals surface area (Å²) in [5.41, 5.74) is 0.900. The van der Waals surface area contributed by atoms with Gasteiger partial charge in [0.25, 0.3) is 0 Å². The lowest BCUT2D eigenvalue weighted by Crippen LogP contribution is -2.30. The Hall–Kier alpha value is -2.31. The van der Waals surface area contributed by atoms with E-state index >= 15 is 0 Å². The number of carbonyl (C=O) groups is 1. The summed E-state index contributed by atoms with van der Waals surface area (Å²) in [7, 11) is -4.59. The van der Waals surface area contributed by atoms with Crippen molar-refractivity contribution in [3.63, 3.8) is 0 Å². The second-order valence-electron chi connectivity index (χ2n) is 7.21. The number of benzene rings is 2. The predicted octanol–water partition coefficient (Wildman–Crippen LogP) is 2.66. The summed E-state index contributed by atoms with van der Waals surface area (Å²) in [4.78, 5) is 11.2. The molecular weight excluding hydrogens is 460 g/mol. The third-order valence-corrected chi connectivity index (χ3v) is 9.11. The van der Waals surface area contributed by atoms with Crippen molar-refractivity contribution in [2.75, 3.05) is 19.8 Å². The maximum Gasteiger partial charge on any atom is 0.242 e. The number of hydrogen-bond acceptors (Lipinski definition) is 7. The Morgan fingerprint density at radius 1 is 1.03 bits per heavy atom. The number of amides is 1. The van der Waals surface area contributed by atoms with E-state index in [0.717, 1.165) is 14.4 Å². The van der Waals surface area contributed by atoms with E-state index in [1.165, 1.54) is 38.4 Å². The monoisotopic (exact) mass is 482 g/mol. The molecule has 11 heteroatoms. The molecule has 166 valence electrons. The second-order valence-corrected chi connectivity index (χ2v) is 12.4. The smallest absolute Gasteiger partial charge is 0.242 e. The molecule has 0 aliphatic heterocycles. The number of carbonyl (C=O) groups excluding carboxylic acids is 1. The molecule has 0 aliphatic rings. The SMILES string of the molecule is CN(C)S(=O)(=O)c1ccc([C@@H](CS(=O)(=O)Cc2ccc3sccc3c2)N(O)C=O)cc1. The average Bonchev–Trinajstić information content (AvgIpc) is 3.19. The zero-order valence-electron chi connectivity index (χ0n) is 16.9. The van der Waals surface area contributed by atoms with Crippen molar-refractivity contribution < 1.29 is 26.8 Å². The van der Waals surface area contributed by atoms with Crippen molar-refractivity contribution in [1.82, 2.24) is 9.37 Å². The molecule has 1 amide bonds. The van der Waals surface area contributed by atoms with Gasteiger partial charge in [-0.15, -0.1) is 11.3 Å². The lowest BCUT2D eigenvalue weighted by molar-refractivity contribution is -0.158. The quantitative estimate of drug-likeness (QED) is 0.285. The van der Waals surface area contributed by atoms with Crippen LogP contribution in [0.4, 0.5) is 0 Å². The fraction of sp³-hybridized carbons (Fsp3) is 0.250. The van der Waals surface area contributed by atoms with E-state index in [-0.39, 0.29) is 22.1 Å². The third kappa shape index (κ3) is 5.31. The number of sulfone groups is 1. The number of nitrogens with zero attached hydrogens (tertiary/aromatic N) is 2. The van der Waals surface area contributed by atoms with Crippen LogP contribution in [-0.4, -0.2) is 57.7 Å². The second kappa shape index (κ2) is 9.05. The van der Waals surface area contributed by atoms with Gasteiger partial charge in [-0.05, 0) is 52.2 Å². The van der Waals surface area contributed by atoms with E-state index in [0.29, 0.717) is 11.1 Å². The Morgan fingerprint density at radius 2 is 1.71 bits per heavy atom. The number of hydroxylamine groups is 2. The van der Waals surface area contributed by atoms with Crippen LogP contribution < -0.4 is 0 Å². The average molecular weight is 483 g/mol. The van der Waals surface area contributed by atoms with Crippen LogP contribution >= 0.6 is 11.3 Å². The Morgan fingerprint density at radius 3 is 2.32 bits per heavy atom. The summed E-state index contributed by atoms with van der Waals surface area (Å²) in [6, 6.07) is 11.5. The van der Waals surface area contributed by atoms with Gasteiger partial charge in [-0.2, -0.15) is 0 Å². The Kier molecular flexibility index (Phi) is 6.82. The Bertz CT molecular complexity index is 1280. The molecule has 0 fully saturated rings. The standard InChI is InChI=1S/C20H22N2O6S3/c1-21(2)31(27,28)18-6-4-16(5-7-18)19(22(24)14-23)13-30(25,26)12-15-3-8-20-17(11-15)9-10-29-20/h3-11,14,19,24H,12-13H2,1-2H3/t19-/m1/s1. The highest BCUT2D eigenvalue weighted by molar-refractivity contribution is 7.90. The number of thiophene rings is 1. The maximum atomic E-state index is 12.8. The summed E-state index contributed by atoms with van der Waals surface area (Å²) in [6.07, 6.45) is 0.127. The molecule has 0 bridgehead atoms. The maximum absolute atomic E-state index is 12.8. The van der Waals surface area contributed by atoms with Crippen molar-refractivity contribution in [3.05, 3.63) is 65.0 Å². The van der Waals surface area contributed by atoms with Gasteiger partial charge in [-0.1, -0.05) is 18.2 Å². The highest BCUT2D eigenvalue weighted by Crippen LogP contribution is 2.26. The first-order valence-electron chi connectivity index (χ1n) is 9.15. The molecule has 0 spiro atoms. The van der Waals surface area contributed by atoms with Gasteiger partial charge < -0.3 is 0 Å². The van der Waals surface area contributed by atoms with Crippen molar-refractivity contribution in [1.29, 1.82) is 0 Å². The highest BCUT2D eigenvalue weighted by Gasteiger charge is 2.27. The predicted molar refractivity (Wildman–Crippen MR) is 119 cm³/mol. The van der Waals surface area contributed by atoms with E-state index < -0.39 is 31.7 Å². The summed E-state index contributed by atoms with van der Waals surface area (Å²) in [5.74, 6) is -0.779. The minimum Gasteiger partial charge on any atom is -0.285 e. The lowest BCUT2D eigenvalue weighted by atomic mass is 10.1. The first kappa shape index (κ1) is 23.4. The molecule has 0 radical (unpaired) electrons. The van der Waals surface area contributed by atoms with Gasteiger partial charge in [0, 0.05) is 18.8 Å². The van der Waals surface area contributed by atoms with Crippen LogP contribution in [-0.2, 0) is 30.4 Å². The van der Waals surface area contributed by atoms with Crippen molar-refractivity contribution >= 4 is 47.7 Å². The molecule has 0 saturated heterocycles. The Balaban J connectivity index is 1.86. The van der Waals surface area contributed by atoms with Crippen LogP contribution in [0, 0.1) is 0 Å². The summed E-state index contributed by atoms with van der Waals surface area (Å²) >= 11 is 1.56. The third-order valence-electron chi connectivity index (χ3n) is 4.79. The topological polar surface area (TPSA) is 112 Å². The van der Waals surface area contributed by atoms with E-state index in [1.54, 1.807) is 23.5 Å². The fourth-order valence-corrected chi connectivity index (χ4v) is 6.43. The zero-order valence-corrected chi connectivity index (χ0v) is 19.3. The van der Waals surface area contributed by atoms with Crippen LogP contribution in [0.2, 0.25) is 0 Å². The van der Waals surface area contributed by atoms with Crippen molar-refractivity contribution in [3.8, 4) is 0 Å². The minimum absolute atomic E-state index is 0.0162. The van der Waals surface area contributed by atoms with Gasteiger partial charge in [0.2, 0.25) is 16.4 Å². The highest BCUT2D eigenvalue weighted by atomic mass is 32.2. The molecular formula is C20H22N2O6S3. The van der Waals surface area contributed by atoms with Crippen LogP contribution in [0.5, 0.6) is 0 Å². The molecule has 0 unspecified atom stereocenters. The molecule has 3 rings (SSSR count). The molecule has 8 nitrogen and oxygen atoms in total. The van der Waals surface area contributed by atoms with E-state index in [4.69, 9.17) is 0 Å². The van der Waals surface area contributed by atoms with Crippen molar-refractivity contribution in [2.45, 2.75) is 16.7 Å². The number of rotatable bonds is 9. The summed E-state index contributed by atoms with van der Waals surface area (Å²) in [5, 5.41) is 13.2. The largest absolute Gasteiger partial charge is 0.285 e. The molecule has 0 saturated carbocycles. The van der Waals surface area contributed by atoms with Gasteiger partial charge in [0.05, 0.1) is 22.4 Å². The van der Waals surface area contributed by atoms with Gasteiger partial charge in [0.1, 0.15) is 0 Å². The molecule has 1 heterocycles. The molecule has 31 heavy (non-hydrogen) atoms. The van der Waals surface area contributed by atoms with Crippen molar-refractivity contribution in [2.24, 2.45) is 0 Å². The summed E-state index contributed by atoms with van der Waals surface area (Å²) < 4.78 is 52.2. The van der Waals surface area contributed by atoms with Gasteiger partial charge in [-0.25, -0.2) is 26.2 Å². The molecule has 0 aliphatic carbocycles. The van der Waals surface area contributed by atoms with Gasteiger partial charge in [-0.3, -0.25) is 10.0 Å². The van der Waals surface area contributed by atoms with E-state index in [9.17, 15) is 26.8 Å². The first-order chi connectivity index (χ1) is 14.5. The normalized spacial score (nSPS) is 13.4. The summed E-state index contributed by atoms with van der Waals surface area (Å²) in [6.45, 7) is 0.